The van der Waals surface area contributed by atoms with Gasteiger partial charge in [-0.05, 0) is 32.8 Å². The Labute approximate surface area is 180 Å². The second-order valence-electron chi connectivity index (χ2n) is 7.22. The molecule has 0 spiro atoms. The topological polar surface area (TPSA) is 90.6 Å². The summed E-state index contributed by atoms with van der Waals surface area (Å²) in [5.41, 5.74) is 6.96. The van der Waals surface area contributed by atoms with E-state index in [1.54, 1.807) is 25.1 Å². The molecule has 0 aliphatic carbocycles. The van der Waals surface area contributed by atoms with Crippen molar-refractivity contribution in [2.45, 2.75) is 32.2 Å². The number of halogens is 2. The van der Waals surface area contributed by atoms with Gasteiger partial charge in [0.2, 0.25) is 5.88 Å². The SMILES string of the molecule is CCOC(=O)c1nc(-c2cccc(Cl)c2Cl)c(OC)nc1N1CCC(C)(N)CC1. The van der Waals surface area contributed by atoms with Gasteiger partial charge in [0.15, 0.2) is 11.5 Å². The second kappa shape index (κ2) is 8.73. The van der Waals surface area contributed by atoms with Crippen LogP contribution in [0, 0.1) is 0 Å². The van der Waals surface area contributed by atoms with Crippen LogP contribution in [0.5, 0.6) is 5.88 Å². The number of hydrogen-bond donors (Lipinski definition) is 1. The molecule has 0 radical (unpaired) electrons. The van der Waals surface area contributed by atoms with Gasteiger partial charge in [0.05, 0.1) is 23.8 Å². The minimum atomic E-state index is -0.557. The molecule has 0 saturated carbocycles. The Morgan fingerprint density at radius 2 is 1.97 bits per heavy atom. The standard InChI is InChI=1S/C20H24Cl2N4O3/c1-4-29-19(27)16-17(26-10-8-20(2,23)9-11-26)25-18(28-3)15(24-16)12-6-5-7-13(21)14(12)22/h5-7H,4,8-11,23H2,1-3H3. The lowest BCUT2D eigenvalue weighted by Gasteiger charge is -2.37. The van der Waals surface area contributed by atoms with Crippen LogP contribution in [0.25, 0.3) is 11.3 Å². The summed E-state index contributed by atoms with van der Waals surface area (Å²) in [5.74, 6) is 0.106. The van der Waals surface area contributed by atoms with Crippen LogP contribution in [0.3, 0.4) is 0 Å². The van der Waals surface area contributed by atoms with Gasteiger partial charge in [-0.1, -0.05) is 35.3 Å². The minimum Gasteiger partial charge on any atom is -0.479 e. The lowest BCUT2D eigenvalue weighted by molar-refractivity contribution is 0.0519. The molecule has 1 saturated heterocycles. The zero-order chi connectivity index (χ0) is 21.2. The van der Waals surface area contributed by atoms with E-state index in [1.165, 1.54) is 7.11 Å². The van der Waals surface area contributed by atoms with E-state index < -0.39 is 5.97 Å². The Morgan fingerprint density at radius 3 is 2.59 bits per heavy atom. The van der Waals surface area contributed by atoms with Crippen molar-refractivity contribution in [3.8, 4) is 17.1 Å². The van der Waals surface area contributed by atoms with E-state index in [0.717, 1.165) is 12.8 Å². The van der Waals surface area contributed by atoms with Crippen molar-refractivity contribution in [1.82, 2.24) is 9.97 Å². The molecule has 156 valence electrons. The van der Waals surface area contributed by atoms with Crippen LogP contribution in [-0.2, 0) is 4.74 Å². The summed E-state index contributed by atoms with van der Waals surface area (Å²) in [5, 5.41) is 0.675. The lowest BCUT2D eigenvalue weighted by atomic mass is 9.91. The predicted molar refractivity (Wildman–Crippen MR) is 114 cm³/mol. The van der Waals surface area contributed by atoms with Crippen molar-refractivity contribution in [3.05, 3.63) is 33.9 Å². The quantitative estimate of drug-likeness (QED) is 0.706. The molecule has 1 aliphatic heterocycles. The fraction of sp³-hybridized carbons (Fsp3) is 0.450. The van der Waals surface area contributed by atoms with E-state index in [-0.39, 0.29) is 23.7 Å². The molecule has 2 N–H and O–H groups in total. The van der Waals surface area contributed by atoms with Crippen LogP contribution in [-0.4, -0.2) is 48.3 Å². The van der Waals surface area contributed by atoms with Crippen LogP contribution < -0.4 is 15.4 Å². The Morgan fingerprint density at radius 1 is 1.28 bits per heavy atom. The number of nitrogens with two attached hydrogens (primary N) is 1. The third-order valence-electron chi connectivity index (χ3n) is 4.92. The van der Waals surface area contributed by atoms with Crippen LogP contribution >= 0.6 is 23.2 Å². The number of aromatic nitrogens is 2. The number of carbonyl (C=O) groups excluding carboxylic acids is 1. The molecule has 1 fully saturated rings. The predicted octanol–water partition coefficient (Wildman–Crippen LogP) is 3.95. The number of anilines is 1. The number of piperidine rings is 1. The highest BCUT2D eigenvalue weighted by atomic mass is 35.5. The van der Waals surface area contributed by atoms with Crippen molar-refractivity contribution < 1.29 is 14.3 Å². The molecule has 0 bridgehead atoms. The molecule has 3 rings (SSSR count). The molecule has 9 heteroatoms. The first-order valence-corrected chi connectivity index (χ1v) is 10.1. The number of rotatable bonds is 5. The van der Waals surface area contributed by atoms with Crippen molar-refractivity contribution >= 4 is 35.0 Å². The van der Waals surface area contributed by atoms with E-state index in [2.05, 4.69) is 9.97 Å². The van der Waals surface area contributed by atoms with Gasteiger partial charge in [0.1, 0.15) is 5.69 Å². The lowest BCUT2D eigenvalue weighted by Crippen LogP contribution is -2.48. The smallest absolute Gasteiger partial charge is 0.360 e. The molecule has 2 heterocycles. The fourth-order valence-corrected chi connectivity index (χ4v) is 3.59. The Balaban J connectivity index is 2.14. The van der Waals surface area contributed by atoms with Crippen molar-refractivity contribution in [2.75, 3.05) is 31.7 Å². The van der Waals surface area contributed by atoms with Crippen LogP contribution in [0.1, 0.15) is 37.2 Å². The van der Waals surface area contributed by atoms with Crippen LogP contribution in [0.15, 0.2) is 18.2 Å². The number of esters is 1. The fourth-order valence-electron chi connectivity index (χ4n) is 3.20. The van der Waals surface area contributed by atoms with E-state index in [9.17, 15) is 4.79 Å². The molecule has 0 atom stereocenters. The summed E-state index contributed by atoms with van der Waals surface area (Å²) in [4.78, 5) is 23.9. The zero-order valence-corrected chi connectivity index (χ0v) is 18.2. The maximum Gasteiger partial charge on any atom is 0.360 e. The van der Waals surface area contributed by atoms with E-state index in [4.69, 9.17) is 38.4 Å². The maximum atomic E-state index is 12.7. The average Bonchev–Trinajstić information content (AvgIpc) is 2.69. The number of methoxy groups -OCH3 is 1. The van der Waals surface area contributed by atoms with Gasteiger partial charge in [-0.15, -0.1) is 0 Å². The first-order chi connectivity index (χ1) is 13.8. The van der Waals surface area contributed by atoms with Gasteiger partial charge >= 0.3 is 5.97 Å². The third-order valence-corrected chi connectivity index (χ3v) is 5.74. The van der Waals surface area contributed by atoms with E-state index in [1.807, 2.05) is 11.8 Å². The van der Waals surface area contributed by atoms with E-state index >= 15 is 0 Å². The Bertz CT molecular complexity index is 911. The molecule has 0 amide bonds. The molecule has 1 aliphatic rings. The summed E-state index contributed by atoms with van der Waals surface area (Å²) in [6.07, 6.45) is 1.53. The van der Waals surface area contributed by atoms with Crippen molar-refractivity contribution in [1.29, 1.82) is 0 Å². The van der Waals surface area contributed by atoms with Gasteiger partial charge in [0.25, 0.3) is 0 Å². The largest absolute Gasteiger partial charge is 0.479 e. The highest BCUT2D eigenvalue weighted by Gasteiger charge is 2.31. The summed E-state index contributed by atoms with van der Waals surface area (Å²) in [6.45, 7) is 5.28. The van der Waals surface area contributed by atoms with Gasteiger partial charge in [-0.3, -0.25) is 0 Å². The highest BCUT2D eigenvalue weighted by molar-refractivity contribution is 6.43. The molecule has 0 unspecified atom stereocenters. The van der Waals surface area contributed by atoms with Crippen molar-refractivity contribution in [3.63, 3.8) is 0 Å². The highest BCUT2D eigenvalue weighted by Crippen LogP contribution is 2.38. The maximum absolute atomic E-state index is 12.7. The number of nitrogens with zero attached hydrogens (tertiary/aromatic N) is 3. The minimum absolute atomic E-state index is 0.110. The summed E-state index contributed by atoms with van der Waals surface area (Å²) in [6, 6.07) is 5.16. The van der Waals surface area contributed by atoms with Gasteiger partial charge in [-0.25, -0.2) is 9.78 Å². The first-order valence-electron chi connectivity index (χ1n) is 9.38. The van der Waals surface area contributed by atoms with Gasteiger partial charge < -0.3 is 20.1 Å². The number of carbonyl (C=O) groups is 1. The summed E-state index contributed by atoms with van der Waals surface area (Å²) < 4.78 is 10.7. The monoisotopic (exact) mass is 438 g/mol. The van der Waals surface area contributed by atoms with Gasteiger partial charge in [-0.2, -0.15) is 4.98 Å². The zero-order valence-electron chi connectivity index (χ0n) is 16.7. The summed E-state index contributed by atoms with van der Waals surface area (Å²) >= 11 is 12.5. The summed E-state index contributed by atoms with van der Waals surface area (Å²) in [7, 11) is 1.49. The molecule has 1 aromatic carbocycles. The molecule has 29 heavy (non-hydrogen) atoms. The third kappa shape index (κ3) is 4.57. The average molecular weight is 439 g/mol. The van der Waals surface area contributed by atoms with Gasteiger partial charge in [0, 0.05) is 24.2 Å². The number of ether oxygens (including phenoxy) is 2. The normalized spacial score (nSPS) is 15.9. The van der Waals surface area contributed by atoms with E-state index in [0.29, 0.717) is 40.2 Å². The Hall–Kier alpha value is -2.09. The first kappa shape index (κ1) is 21.6. The molecule has 7 nitrogen and oxygen atoms in total. The Kier molecular flexibility index (Phi) is 6.51. The van der Waals surface area contributed by atoms with Crippen molar-refractivity contribution in [2.24, 2.45) is 5.73 Å². The van der Waals surface area contributed by atoms with Crippen LogP contribution in [0.4, 0.5) is 5.82 Å². The number of benzene rings is 1. The second-order valence-corrected chi connectivity index (χ2v) is 8.00. The molecular formula is C20H24Cl2N4O3. The molecule has 1 aromatic heterocycles. The molecular weight excluding hydrogens is 415 g/mol. The number of hydrogen-bond acceptors (Lipinski definition) is 7. The van der Waals surface area contributed by atoms with Crippen LogP contribution in [0.2, 0.25) is 10.0 Å². The molecule has 2 aromatic rings.